The minimum atomic E-state index is 0.610. The van der Waals surface area contributed by atoms with E-state index in [1.54, 1.807) is 11.3 Å². The molecule has 0 aliphatic carbocycles. The van der Waals surface area contributed by atoms with Gasteiger partial charge < -0.3 is 5.73 Å². The predicted octanol–water partition coefficient (Wildman–Crippen LogP) is 2.47. The minimum absolute atomic E-state index is 0.610. The van der Waals surface area contributed by atoms with Gasteiger partial charge in [-0.25, -0.2) is 0 Å². The van der Waals surface area contributed by atoms with Crippen LogP contribution in [0.15, 0.2) is 28.1 Å². The molecule has 15 heavy (non-hydrogen) atoms. The van der Waals surface area contributed by atoms with Gasteiger partial charge in [0.05, 0.1) is 10.6 Å². The zero-order valence-corrected chi connectivity index (χ0v) is 10.4. The molecule has 0 aromatic carbocycles. The summed E-state index contributed by atoms with van der Waals surface area (Å²) in [6, 6.07) is 6.00. The average molecular weight is 284 g/mol. The van der Waals surface area contributed by atoms with Gasteiger partial charge >= 0.3 is 0 Å². The Morgan fingerprint density at radius 1 is 1.33 bits per heavy atom. The van der Waals surface area contributed by atoms with Crippen molar-refractivity contribution in [2.45, 2.75) is 6.42 Å². The minimum Gasteiger partial charge on any atom is -0.330 e. The molecular weight excluding hydrogens is 274 g/mol. The zero-order valence-electron chi connectivity index (χ0n) is 7.98. The molecule has 0 saturated carbocycles. The average Bonchev–Trinajstić information content (AvgIpc) is 2.67. The molecule has 2 rings (SSSR count). The van der Waals surface area contributed by atoms with Crippen LogP contribution in [-0.2, 0) is 6.42 Å². The summed E-state index contributed by atoms with van der Waals surface area (Å²) in [4.78, 5) is 1.12. The molecule has 2 N–H and O–H groups in total. The fraction of sp³-hybridized carbons (Fsp3) is 0.200. The van der Waals surface area contributed by atoms with E-state index in [-0.39, 0.29) is 0 Å². The Balaban J connectivity index is 2.23. The molecule has 0 aliphatic heterocycles. The fourth-order valence-electron chi connectivity index (χ4n) is 1.22. The van der Waals surface area contributed by atoms with Crippen LogP contribution < -0.4 is 5.73 Å². The Bertz CT molecular complexity index is 438. The number of hydrogen-bond acceptors (Lipinski definition) is 4. The summed E-state index contributed by atoms with van der Waals surface area (Å²) in [7, 11) is 0. The molecule has 3 nitrogen and oxygen atoms in total. The predicted molar refractivity (Wildman–Crippen MR) is 65.8 cm³/mol. The van der Waals surface area contributed by atoms with Crippen LogP contribution in [0.5, 0.6) is 0 Å². The van der Waals surface area contributed by atoms with Crippen LogP contribution in [0.4, 0.5) is 0 Å². The first-order valence-corrected chi connectivity index (χ1v) is 6.24. The van der Waals surface area contributed by atoms with E-state index in [0.717, 1.165) is 27.2 Å². The summed E-state index contributed by atoms with van der Waals surface area (Å²) in [5.74, 6) is 0. The lowest BCUT2D eigenvalue weighted by Gasteiger charge is -1.98. The smallest absolute Gasteiger partial charge is 0.103 e. The second-order valence-electron chi connectivity index (χ2n) is 3.08. The van der Waals surface area contributed by atoms with Gasteiger partial charge in [-0.2, -0.15) is 5.10 Å². The summed E-state index contributed by atoms with van der Waals surface area (Å²) >= 11 is 5.06. The van der Waals surface area contributed by atoms with Crippen LogP contribution in [0.2, 0.25) is 0 Å². The Labute approximate surface area is 100 Å². The SMILES string of the molecule is NCCc1ccc(-c2cc(Br)cs2)nn1. The number of nitrogens with zero attached hydrogens (tertiary/aromatic N) is 2. The molecule has 0 aliphatic rings. The van der Waals surface area contributed by atoms with Gasteiger partial charge in [-0.15, -0.1) is 16.4 Å². The lowest BCUT2D eigenvalue weighted by Crippen LogP contribution is -2.05. The molecule has 0 atom stereocenters. The van der Waals surface area contributed by atoms with Crippen LogP contribution in [0.3, 0.4) is 0 Å². The van der Waals surface area contributed by atoms with E-state index in [9.17, 15) is 0 Å². The van der Waals surface area contributed by atoms with Crippen LogP contribution in [0.25, 0.3) is 10.6 Å². The van der Waals surface area contributed by atoms with Gasteiger partial charge in [-0.05, 0) is 40.7 Å². The Morgan fingerprint density at radius 2 is 2.20 bits per heavy atom. The first kappa shape index (κ1) is 10.7. The molecule has 0 amide bonds. The Hall–Kier alpha value is -0.780. The van der Waals surface area contributed by atoms with E-state index in [4.69, 9.17) is 5.73 Å². The van der Waals surface area contributed by atoms with Crippen LogP contribution in [0, 0.1) is 0 Å². The summed E-state index contributed by atoms with van der Waals surface area (Å²) in [6.07, 6.45) is 0.779. The molecular formula is C10H10BrN3S. The number of halogens is 1. The van der Waals surface area contributed by atoms with Crippen LogP contribution in [-0.4, -0.2) is 16.7 Å². The largest absolute Gasteiger partial charge is 0.330 e. The number of rotatable bonds is 3. The van der Waals surface area contributed by atoms with Gasteiger partial charge in [0, 0.05) is 16.3 Å². The van der Waals surface area contributed by atoms with E-state index in [1.807, 2.05) is 23.6 Å². The van der Waals surface area contributed by atoms with Gasteiger partial charge in [0.25, 0.3) is 0 Å². The monoisotopic (exact) mass is 283 g/mol. The van der Waals surface area contributed by atoms with E-state index >= 15 is 0 Å². The molecule has 78 valence electrons. The Kier molecular flexibility index (Phi) is 3.45. The third-order valence-corrected chi connectivity index (χ3v) is 3.65. The van der Waals surface area contributed by atoms with Crippen molar-refractivity contribution in [2.75, 3.05) is 6.54 Å². The van der Waals surface area contributed by atoms with Crippen molar-refractivity contribution in [3.8, 4) is 10.6 Å². The van der Waals surface area contributed by atoms with E-state index < -0.39 is 0 Å². The molecule has 0 fully saturated rings. The zero-order chi connectivity index (χ0) is 10.7. The highest BCUT2D eigenvalue weighted by molar-refractivity contribution is 9.10. The summed E-state index contributed by atoms with van der Waals surface area (Å²) in [5.41, 5.74) is 7.29. The van der Waals surface area contributed by atoms with Gasteiger partial charge in [0.15, 0.2) is 0 Å². The van der Waals surface area contributed by atoms with Crippen molar-refractivity contribution >= 4 is 27.3 Å². The maximum Gasteiger partial charge on any atom is 0.103 e. The first-order chi connectivity index (χ1) is 7.29. The Morgan fingerprint density at radius 3 is 2.73 bits per heavy atom. The van der Waals surface area contributed by atoms with E-state index in [0.29, 0.717) is 6.54 Å². The first-order valence-electron chi connectivity index (χ1n) is 4.56. The molecule has 0 saturated heterocycles. The van der Waals surface area contributed by atoms with Crippen LogP contribution >= 0.6 is 27.3 Å². The van der Waals surface area contributed by atoms with Crippen molar-refractivity contribution in [1.82, 2.24) is 10.2 Å². The number of nitrogens with two attached hydrogens (primary N) is 1. The summed E-state index contributed by atoms with van der Waals surface area (Å²) < 4.78 is 1.08. The molecule has 2 aromatic heterocycles. The fourth-order valence-corrected chi connectivity index (χ4v) is 2.61. The molecule has 0 unspecified atom stereocenters. The van der Waals surface area contributed by atoms with E-state index in [2.05, 4.69) is 26.1 Å². The normalized spacial score (nSPS) is 10.5. The van der Waals surface area contributed by atoms with Crippen LogP contribution in [0.1, 0.15) is 5.69 Å². The van der Waals surface area contributed by atoms with Crippen molar-refractivity contribution < 1.29 is 0 Å². The lowest BCUT2D eigenvalue weighted by atomic mass is 10.2. The van der Waals surface area contributed by atoms with Gasteiger partial charge in [0.2, 0.25) is 0 Å². The molecule has 0 bridgehead atoms. The highest BCUT2D eigenvalue weighted by Gasteiger charge is 2.03. The number of aromatic nitrogens is 2. The molecule has 2 aromatic rings. The maximum atomic E-state index is 5.44. The van der Waals surface area contributed by atoms with Gasteiger partial charge in [-0.3, -0.25) is 0 Å². The topological polar surface area (TPSA) is 51.8 Å². The third-order valence-electron chi connectivity index (χ3n) is 1.94. The van der Waals surface area contributed by atoms with Crippen molar-refractivity contribution in [2.24, 2.45) is 5.73 Å². The highest BCUT2D eigenvalue weighted by Crippen LogP contribution is 2.27. The number of hydrogen-bond donors (Lipinski definition) is 1. The molecule has 0 spiro atoms. The highest BCUT2D eigenvalue weighted by atomic mass is 79.9. The molecule has 0 radical (unpaired) electrons. The third kappa shape index (κ3) is 2.62. The van der Waals surface area contributed by atoms with E-state index in [1.165, 1.54) is 0 Å². The van der Waals surface area contributed by atoms with Crippen molar-refractivity contribution in [3.05, 3.63) is 33.7 Å². The quantitative estimate of drug-likeness (QED) is 0.942. The molecule has 5 heteroatoms. The number of thiophene rings is 1. The summed E-state index contributed by atoms with van der Waals surface area (Å²) in [5, 5.41) is 10.3. The maximum absolute atomic E-state index is 5.44. The van der Waals surface area contributed by atoms with Crippen molar-refractivity contribution in [3.63, 3.8) is 0 Å². The lowest BCUT2D eigenvalue weighted by molar-refractivity contribution is 0.870. The van der Waals surface area contributed by atoms with Crippen molar-refractivity contribution in [1.29, 1.82) is 0 Å². The second kappa shape index (κ2) is 4.83. The van der Waals surface area contributed by atoms with Gasteiger partial charge in [-0.1, -0.05) is 0 Å². The standard InChI is InChI=1S/C10H10BrN3S/c11-7-5-10(15-6-7)9-2-1-8(3-4-12)13-14-9/h1-2,5-6H,3-4,12H2. The molecule has 2 heterocycles. The summed E-state index contributed by atoms with van der Waals surface area (Å²) in [6.45, 7) is 0.610. The second-order valence-corrected chi connectivity index (χ2v) is 4.90. The van der Waals surface area contributed by atoms with Gasteiger partial charge in [0.1, 0.15) is 5.69 Å².